The Hall–Kier alpha value is -1.44. The third-order valence-electron chi connectivity index (χ3n) is 3.80. The van der Waals surface area contributed by atoms with E-state index in [0.29, 0.717) is 0 Å². The minimum atomic E-state index is -0.874. The molecule has 0 amide bonds. The molecule has 0 heterocycles. The predicted molar refractivity (Wildman–Crippen MR) is 70.0 cm³/mol. The maximum Gasteiger partial charge on any atom is 0.235 e. The van der Waals surface area contributed by atoms with Crippen molar-refractivity contribution in [3.8, 4) is 0 Å². The Bertz CT molecular complexity index is 476. The topological polar surface area (TPSA) is 49.7 Å². The normalized spacial score (nSPS) is 18.4. The summed E-state index contributed by atoms with van der Waals surface area (Å²) in [6.45, 7) is 3.52. The standard InChI is InChI=1S/C15H19NO2/c1-14(2,18)12-6-5-7-13(10-12)15(16-11-17)8-3-4-9-15/h5-7,10,18H,3-4,8-9H2,1-2H3. The van der Waals surface area contributed by atoms with Gasteiger partial charge in [-0.3, -0.25) is 0 Å². The van der Waals surface area contributed by atoms with Crippen LogP contribution in [0.25, 0.3) is 0 Å². The molecule has 1 aromatic carbocycles. The Balaban J connectivity index is 2.46. The van der Waals surface area contributed by atoms with Gasteiger partial charge in [0.15, 0.2) is 0 Å². The largest absolute Gasteiger partial charge is 0.386 e. The summed E-state index contributed by atoms with van der Waals surface area (Å²) in [6.07, 6.45) is 5.66. The highest BCUT2D eigenvalue weighted by Gasteiger charge is 2.36. The Morgan fingerprint density at radius 3 is 2.56 bits per heavy atom. The molecule has 3 nitrogen and oxygen atoms in total. The molecule has 0 atom stereocenters. The Kier molecular flexibility index (Phi) is 3.38. The summed E-state index contributed by atoms with van der Waals surface area (Å²) in [6, 6.07) is 7.77. The van der Waals surface area contributed by atoms with Gasteiger partial charge in [0.25, 0.3) is 0 Å². The van der Waals surface area contributed by atoms with Crippen molar-refractivity contribution in [2.75, 3.05) is 0 Å². The van der Waals surface area contributed by atoms with Crippen molar-refractivity contribution >= 4 is 6.08 Å². The van der Waals surface area contributed by atoms with Crippen molar-refractivity contribution in [2.24, 2.45) is 4.99 Å². The van der Waals surface area contributed by atoms with E-state index in [2.05, 4.69) is 4.99 Å². The molecule has 1 aliphatic rings. The highest BCUT2D eigenvalue weighted by molar-refractivity contribution is 5.40. The SMILES string of the molecule is CC(C)(O)c1cccc(C2(N=C=O)CCCC2)c1. The zero-order valence-corrected chi connectivity index (χ0v) is 10.9. The van der Waals surface area contributed by atoms with Crippen LogP contribution in [0.5, 0.6) is 0 Å². The number of hydrogen-bond acceptors (Lipinski definition) is 3. The Morgan fingerprint density at radius 1 is 1.33 bits per heavy atom. The molecule has 0 spiro atoms. The number of hydrogen-bond donors (Lipinski definition) is 1. The molecule has 1 fully saturated rings. The number of rotatable bonds is 3. The number of aliphatic hydroxyl groups is 1. The summed E-state index contributed by atoms with van der Waals surface area (Å²) < 4.78 is 0. The maximum atomic E-state index is 10.7. The van der Waals surface area contributed by atoms with Crippen LogP contribution in [0.2, 0.25) is 0 Å². The minimum absolute atomic E-state index is 0.414. The Labute approximate surface area is 108 Å². The highest BCUT2D eigenvalue weighted by Crippen LogP contribution is 2.42. The molecule has 1 aromatic rings. The van der Waals surface area contributed by atoms with Crippen LogP contribution in [0.4, 0.5) is 0 Å². The van der Waals surface area contributed by atoms with Gasteiger partial charge in [0.2, 0.25) is 6.08 Å². The van der Waals surface area contributed by atoms with Crippen molar-refractivity contribution in [2.45, 2.75) is 50.7 Å². The van der Waals surface area contributed by atoms with Crippen LogP contribution in [0, 0.1) is 0 Å². The van der Waals surface area contributed by atoms with Gasteiger partial charge in [-0.15, -0.1) is 0 Å². The average Bonchev–Trinajstić information content (AvgIpc) is 2.79. The van der Waals surface area contributed by atoms with Crippen LogP contribution in [-0.4, -0.2) is 11.2 Å². The van der Waals surface area contributed by atoms with Gasteiger partial charge in [-0.25, -0.2) is 4.79 Å². The molecule has 0 unspecified atom stereocenters. The van der Waals surface area contributed by atoms with Crippen LogP contribution >= 0.6 is 0 Å². The number of nitrogens with zero attached hydrogens (tertiary/aromatic N) is 1. The third kappa shape index (κ3) is 2.38. The second-order valence-corrected chi connectivity index (χ2v) is 5.58. The lowest BCUT2D eigenvalue weighted by molar-refractivity contribution is 0.0784. The molecule has 96 valence electrons. The first kappa shape index (κ1) is 13.0. The summed E-state index contributed by atoms with van der Waals surface area (Å²) in [4.78, 5) is 14.7. The zero-order valence-electron chi connectivity index (χ0n) is 10.9. The molecule has 18 heavy (non-hydrogen) atoms. The summed E-state index contributed by atoms with van der Waals surface area (Å²) in [5.41, 5.74) is 0.583. The second kappa shape index (κ2) is 4.68. The molecule has 1 aliphatic carbocycles. The molecule has 0 radical (unpaired) electrons. The van der Waals surface area contributed by atoms with Gasteiger partial charge >= 0.3 is 0 Å². The lowest BCUT2D eigenvalue weighted by atomic mass is 9.85. The zero-order chi connectivity index (χ0) is 13.2. The Morgan fingerprint density at radius 2 is 2.00 bits per heavy atom. The minimum Gasteiger partial charge on any atom is -0.386 e. The number of aliphatic imine (C=N–C) groups is 1. The fourth-order valence-corrected chi connectivity index (χ4v) is 2.70. The van der Waals surface area contributed by atoms with E-state index in [0.717, 1.165) is 36.8 Å². The fraction of sp³-hybridized carbons (Fsp3) is 0.533. The fourth-order valence-electron chi connectivity index (χ4n) is 2.70. The number of benzene rings is 1. The summed E-state index contributed by atoms with van der Waals surface area (Å²) in [5.74, 6) is 0. The molecule has 3 heteroatoms. The molecule has 0 saturated heterocycles. The van der Waals surface area contributed by atoms with E-state index in [1.165, 1.54) is 0 Å². The van der Waals surface area contributed by atoms with Crippen LogP contribution in [0.1, 0.15) is 50.7 Å². The van der Waals surface area contributed by atoms with Crippen LogP contribution in [0.3, 0.4) is 0 Å². The first-order valence-corrected chi connectivity index (χ1v) is 6.40. The second-order valence-electron chi connectivity index (χ2n) is 5.58. The quantitative estimate of drug-likeness (QED) is 0.657. The smallest absolute Gasteiger partial charge is 0.235 e. The van der Waals surface area contributed by atoms with E-state index in [-0.39, 0.29) is 0 Å². The first-order valence-electron chi connectivity index (χ1n) is 6.40. The van der Waals surface area contributed by atoms with Crippen LogP contribution < -0.4 is 0 Å². The highest BCUT2D eigenvalue weighted by atomic mass is 16.3. The molecule has 0 aromatic heterocycles. The molecular formula is C15H19NO2. The first-order chi connectivity index (χ1) is 8.48. The molecule has 0 bridgehead atoms. The van der Waals surface area contributed by atoms with E-state index in [1.54, 1.807) is 19.9 Å². The molecule has 2 rings (SSSR count). The summed E-state index contributed by atoms with van der Waals surface area (Å²) in [7, 11) is 0. The average molecular weight is 245 g/mol. The van der Waals surface area contributed by atoms with Crippen molar-refractivity contribution in [1.29, 1.82) is 0 Å². The monoisotopic (exact) mass is 245 g/mol. The number of carbonyl (C=O) groups excluding carboxylic acids is 1. The predicted octanol–water partition coefficient (Wildman–Crippen LogP) is 3.02. The molecular weight excluding hydrogens is 226 g/mol. The molecule has 0 aliphatic heterocycles. The number of isocyanates is 1. The third-order valence-corrected chi connectivity index (χ3v) is 3.80. The molecule has 1 N–H and O–H groups in total. The lowest BCUT2D eigenvalue weighted by Crippen LogP contribution is -2.21. The molecule has 1 saturated carbocycles. The maximum absolute atomic E-state index is 10.7. The van der Waals surface area contributed by atoms with E-state index in [9.17, 15) is 9.90 Å². The summed E-state index contributed by atoms with van der Waals surface area (Å²) in [5, 5.41) is 10.1. The van der Waals surface area contributed by atoms with Gasteiger partial charge in [-0.05, 0) is 37.8 Å². The van der Waals surface area contributed by atoms with Crippen molar-refractivity contribution in [1.82, 2.24) is 0 Å². The van der Waals surface area contributed by atoms with Crippen LogP contribution in [0.15, 0.2) is 29.3 Å². The van der Waals surface area contributed by atoms with Gasteiger partial charge in [-0.2, -0.15) is 4.99 Å². The van der Waals surface area contributed by atoms with E-state index >= 15 is 0 Å². The van der Waals surface area contributed by atoms with Gasteiger partial charge in [0.1, 0.15) is 0 Å². The van der Waals surface area contributed by atoms with Crippen LogP contribution in [-0.2, 0) is 15.9 Å². The lowest BCUT2D eigenvalue weighted by Gasteiger charge is -2.25. The van der Waals surface area contributed by atoms with Gasteiger partial charge in [-0.1, -0.05) is 37.1 Å². The van der Waals surface area contributed by atoms with Gasteiger partial charge < -0.3 is 5.11 Å². The van der Waals surface area contributed by atoms with E-state index in [1.807, 2.05) is 24.3 Å². The van der Waals surface area contributed by atoms with E-state index in [4.69, 9.17) is 0 Å². The van der Waals surface area contributed by atoms with Crippen molar-refractivity contribution in [3.05, 3.63) is 35.4 Å². The van der Waals surface area contributed by atoms with Crippen molar-refractivity contribution < 1.29 is 9.90 Å². The van der Waals surface area contributed by atoms with E-state index < -0.39 is 11.1 Å². The van der Waals surface area contributed by atoms with Crippen molar-refractivity contribution in [3.63, 3.8) is 0 Å². The summed E-state index contributed by atoms with van der Waals surface area (Å²) >= 11 is 0. The van der Waals surface area contributed by atoms with Gasteiger partial charge in [0, 0.05) is 0 Å². The van der Waals surface area contributed by atoms with Gasteiger partial charge in [0.05, 0.1) is 11.1 Å².